The topological polar surface area (TPSA) is 86.6 Å². The molecule has 0 saturated carbocycles. The molecule has 1 aromatic carbocycles. The second kappa shape index (κ2) is 8.84. The zero-order valence-electron chi connectivity index (χ0n) is 10.7. The smallest absolute Gasteiger partial charge is 0.326 e. The highest BCUT2D eigenvalue weighted by molar-refractivity contribution is 7.99. The normalized spacial score (nSPS) is 11.9. The summed E-state index contributed by atoms with van der Waals surface area (Å²) < 4.78 is 0. The minimum Gasteiger partial charge on any atom is -0.480 e. The van der Waals surface area contributed by atoms with Crippen LogP contribution in [0.25, 0.3) is 0 Å². The lowest BCUT2D eigenvalue weighted by Gasteiger charge is -2.12. The van der Waals surface area contributed by atoms with Crippen molar-refractivity contribution in [2.45, 2.75) is 18.2 Å². The van der Waals surface area contributed by atoms with Crippen molar-refractivity contribution in [3.05, 3.63) is 34.9 Å². The molecule has 0 spiro atoms. The molecule has 1 atom stereocenters. The summed E-state index contributed by atoms with van der Waals surface area (Å²) in [5.41, 5.74) is 1.04. The first-order valence-electron chi connectivity index (χ1n) is 5.98. The van der Waals surface area contributed by atoms with E-state index in [4.69, 9.17) is 21.8 Å². The van der Waals surface area contributed by atoms with E-state index in [-0.39, 0.29) is 24.7 Å². The first-order chi connectivity index (χ1) is 9.52. The number of hydrogen-bond acceptors (Lipinski definition) is 4. The van der Waals surface area contributed by atoms with Gasteiger partial charge in [0, 0.05) is 23.8 Å². The van der Waals surface area contributed by atoms with Gasteiger partial charge in [-0.3, -0.25) is 4.79 Å². The van der Waals surface area contributed by atoms with E-state index in [1.165, 1.54) is 11.8 Å². The third-order valence-corrected chi connectivity index (χ3v) is 3.72. The summed E-state index contributed by atoms with van der Waals surface area (Å²) in [6, 6.07) is 6.26. The number of amides is 1. The van der Waals surface area contributed by atoms with Gasteiger partial charge in [0.2, 0.25) is 5.91 Å². The first-order valence-corrected chi connectivity index (χ1v) is 7.51. The highest BCUT2D eigenvalue weighted by atomic mass is 35.5. The van der Waals surface area contributed by atoms with Crippen LogP contribution >= 0.6 is 23.4 Å². The van der Waals surface area contributed by atoms with Crippen molar-refractivity contribution < 1.29 is 19.8 Å². The summed E-state index contributed by atoms with van der Waals surface area (Å²) in [6.07, 6.45) is 0.00290. The molecule has 0 aromatic heterocycles. The summed E-state index contributed by atoms with van der Waals surface area (Å²) in [7, 11) is 0. The molecule has 0 radical (unpaired) electrons. The van der Waals surface area contributed by atoms with Gasteiger partial charge in [-0.25, -0.2) is 4.79 Å². The quantitative estimate of drug-likeness (QED) is 0.677. The predicted octanol–water partition coefficient (Wildman–Crippen LogP) is 1.52. The van der Waals surface area contributed by atoms with Crippen molar-refractivity contribution in [3.8, 4) is 0 Å². The molecule has 7 heteroatoms. The molecule has 1 rings (SSSR count). The van der Waals surface area contributed by atoms with Gasteiger partial charge in [0.25, 0.3) is 0 Å². The summed E-state index contributed by atoms with van der Waals surface area (Å²) in [4.78, 5) is 22.4. The van der Waals surface area contributed by atoms with Gasteiger partial charge in [-0.1, -0.05) is 23.7 Å². The Morgan fingerprint density at radius 2 is 1.95 bits per heavy atom. The average molecular weight is 318 g/mol. The number of carboxylic acids is 1. The van der Waals surface area contributed by atoms with Crippen molar-refractivity contribution in [1.82, 2.24) is 5.32 Å². The van der Waals surface area contributed by atoms with E-state index in [0.717, 1.165) is 5.56 Å². The molecule has 5 nitrogen and oxygen atoms in total. The molecule has 0 saturated heterocycles. The predicted molar refractivity (Wildman–Crippen MR) is 78.9 cm³/mol. The van der Waals surface area contributed by atoms with Crippen LogP contribution in [-0.2, 0) is 15.3 Å². The van der Waals surface area contributed by atoms with Crippen LogP contribution in [0.1, 0.15) is 12.0 Å². The highest BCUT2D eigenvalue weighted by Gasteiger charge is 2.18. The monoisotopic (exact) mass is 317 g/mol. The zero-order valence-corrected chi connectivity index (χ0v) is 12.3. The molecular weight excluding hydrogens is 302 g/mol. The Bertz CT molecular complexity index is 452. The molecule has 0 heterocycles. The molecule has 3 N–H and O–H groups in total. The lowest BCUT2D eigenvalue weighted by molar-refractivity contribution is -0.141. The SMILES string of the molecule is O=C(CSCc1ccc(Cl)cc1)N[C@@H](CCO)C(=O)O. The third-order valence-electron chi connectivity index (χ3n) is 2.47. The average Bonchev–Trinajstić information content (AvgIpc) is 2.40. The van der Waals surface area contributed by atoms with Crippen molar-refractivity contribution in [2.24, 2.45) is 0 Å². The van der Waals surface area contributed by atoms with Gasteiger partial charge in [-0.15, -0.1) is 11.8 Å². The van der Waals surface area contributed by atoms with Gasteiger partial charge in [0.05, 0.1) is 5.75 Å². The third kappa shape index (κ3) is 6.27. The van der Waals surface area contributed by atoms with E-state index in [2.05, 4.69) is 5.32 Å². The number of aliphatic carboxylic acids is 1. The number of carboxylic acid groups (broad SMARTS) is 1. The number of benzene rings is 1. The van der Waals surface area contributed by atoms with Crippen LogP contribution in [0.3, 0.4) is 0 Å². The number of nitrogens with one attached hydrogen (secondary N) is 1. The van der Waals surface area contributed by atoms with Crippen molar-refractivity contribution in [2.75, 3.05) is 12.4 Å². The number of aliphatic hydroxyl groups is 1. The van der Waals surface area contributed by atoms with E-state index in [1.54, 1.807) is 12.1 Å². The number of halogens is 1. The molecule has 1 aromatic rings. The number of aliphatic hydroxyl groups excluding tert-OH is 1. The number of carbonyl (C=O) groups is 2. The zero-order chi connectivity index (χ0) is 15.0. The Hall–Kier alpha value is -1.24. The Labute approximate surface area is 126 Å². The fourth-order valence-corrected chi connectivity index (χ4v) is 2.39. The van der Waals surface area contributed by atoms with Crippen LogP contribution in [0.2, 0.25) is 5.02 Å². The largest absolute Gasteiger partial charge is 0.480 e. The van der Waals surface area contributed by atoms with Gasteiger partial charge in [0.1, 0.15) is 6.04 Å². The standard InChI is InChI=1S/C13H16ClNO4S/c14-10-3-1-9(2-4-10)7-20-8-12(17)15-11(5-6-16)13(18)19/h1-4,11,16H,5-8H2,(H,15,17)(H,18,19)/t11-/m0/s1. The molecule has 1 amide bonds. The Morgan fingerprint density at radius 3 is 2.50 bits per heavy atom. The van der Waals surface area contributed by atoms with Crippen LogP contribution in [0, 0.1) is 0 Å². The molecule has 0 unspecified atom stereocenters. The Balaban J connectivity index is 2.32. The van der Waals surface area contributed by atoms with Crippen LogP contribution in [0.5, 0.6) is 0 Å². The van der Waals surface area contributed by atoms with E-state index in [9.17, 15) is 9.59 Å². The van der Waals surface area contributed by atoms with Gasteiger partial charge < -0.3 is 15.5 Å². The molecular formula is C13H16ClNO4S. The fraction of sp³-hybridized carbons (Fsp3) is 0.385. The summed E-state index contributed by atoms with van der Waals surface area (Å²) in [5.74, 6) is -0.694. The minimum absolute atomic E-state index is 0.00290. The fourth-order valence-electron chi connectivity index (χ4n) is 1.46. The lowest BCUT2D eigenvalue weighted by atomic mass is 10.2. The molecule has 0 bridgehead atoms. The van der Waals surface area contributed by atoms with Crippen LogP contribution in [0.4, 0.5) is 0 Å². The summed E-state index contributed by atoms with van der Waals surface area (Å²) in [5, 5.41) is 20.6. The number of thioether (sulfide) groups is 1. The minimum atomic E-state index is -1.14. The summed E-state index contributed by atoms with van der Waals surface area (Å²) >= 11 is 7.15. The highest BCUT2D eigenvalue weighted by Crippen LogP contribution is 2.15. The maximum atomic E-state index is 11.6. The number of rotatable bonds is 8. The van der Waals surface area contributed by atoms with Gasteiger partial charge >= 0.3 is 5.97 Å². The number of carbonyl (C=O) groups excluding carboxylic acids is 1. The Kier molecular flexibility index (Phi) is 7.43. The molecule has 0 fully saturated rings. The van der Waals surface area contributed by atoms with E-state index in [1.807, 2.05) is 12.1 Å². The van der Waals surface area contributed by atoms with E-state index in [0.29, 0.717) is 10.8 Å². The first kappa shape index (κ1) is 16.8. The maximum absolute atomic E-state index is 11.6. The van der Waals surface area contributed by atoms with E-state index >= 15 is 0 Å². The van der Waals surface area contributed by atoms with Gasteiger partial charge in [-0.05, 0) is 17.7 Å². The van der Waals surface area contributed by atoms with Crippen LogP contribution in [-0.4, -0.2) is 40.5 Å². The van der Waals surface area contributed by atoms with Crippen molar-refractivity contribution in [1.29, 1.82) is 0 Å². The molecule has 20 heavy (non-hydrogen) atoms. The molecule has 0 aliphatic heterocycles. The van der Waals surface area contributed by atoms with Gasteiger partial charge in [0.15, 0.2) is 0 Å². The summed E-state index contributed by atoms with van der Waals surface area (Å²) in [6.45, 7) is -0.283. The second-order valence-electron chi connectivity index (χ2n) is 4.09. The van der Waals surface area contributed by atoms with Crippen molar-refractivity contribution in [3.63, 3.8) is 0 Å². The lowest BCUT2D eigenvalue weighted by Crippen LogP contribution is -2.42. The van der Waals surface area contributed by atoms with E-state index < -0.39 is 12.0 Å². The van der Waals surface area contributed by atoms with Crippen LogP contribution < -0.4 is 5.32 Å². The van der Waals surface area contributed by atoms with Crippen LogP contribution in [0.15, 0.2) is 24.3 Å². The van der Waals surface area contributed by atoms with Crippen molar-refractivity contribution >= 4 is 35.2 Å². The molecule has 0 aliphatic carbocycles. The van der Waals surface area contributed by atoms with Gasteiger partial charge in [-0.2, -0.15) is 0 Å². The number of hydrogen-bond donors (Lipinski definition) is 3. The molecule has 0 aliphatic rings. The molecule has 110 valence electrons. The maximum Gasteiger partial charge on any atom is 0.326 e. The Morgan fingerprint density at radius 1 is 1.30 bits per heavy atom. The second-order valence-corrected chi connectivity index (χ2v) is 5.51.